The number of benzene rings is 2. The van der Waals surface area contributed by atoms with Crippen LogP contribution in [0.5, 0.6) is 0 Å². The lowest BCUT2D eigenvalue weighted by Gasteiger charge is -2.39. The molecule has 142 valence electrons. The molecule has 0 atom stereocenters. The minimum atomic E-state index is -0.297. The zero-order chi connectivity index (χ0) is 19.8. The van der Waals surface area contributed by atoms with Crippen LogP contribution in [0.25, 0.3) is 0 Å². The summed E-state index contributed by atoms with van der Waals surface area (Å²) in [5.41, 5.74) is 2.79. The third-order valence-corrected chi connectivity index (χ3v) is 5.62. The van der Waals surface area contributed by atoms with Crippen LogP contribution in [0.3, 0.4) is 0 Å². The number of carbonyl (C=O) groups is 3. The number of halogens is 1. The fourth-order valence-electron chi connectivity index (χ4n) is 3.71. The third kappa shape index (κ3) is 3.12. The summed E-state index contributed by atoms with van der Waals surface area (Å²) in [6.45, 7) is 4.10. The van der Waals surface area contributed by atoms with Gasteiger partial charge in [-0.2, -0.15) is 0 Å². The number of fused-ring (bicyclic) bond motifs is 1. The zero-order valence-electron chi connectivity index (χ0n) is 15.4. The van der Waals surface area contributed by atoms with E-state index < -0.39 is 0 Å². The monoisotopic (exact) mass is 394 g/mol. The van der Waals surface area contributed by atoms with Crippen LogP contribution in [0.4, 0.5) is 5.69 Å². The average Bonchev–Trinajstić information content (AvgIpc) is 2.73. The van der Waals surface area contributed by atoms with Crippen molar-refractivity contribution in [2.24, 2.45) is 0 Å². The van der Waals surface area contributed by atoms with Gasteiger partial charge in [0.05, 0.1) is 0 Å². The third-order valence-electron chi connectivity index (χ3n) is 5.27. The Morgan fingerprint density at radius 3 is 1.93 bits per heavy atom. The van der Waals surface area contributed by atoms with E-state index in [1.54, 1.807) is 31.2 Å². The molecule has 28 heavy (non-hydrogen) atoms. The van der Waals surface area contributed by atoms with Crippen molar-refractivity contribution in [3.8, 4) is 0 Å². The van der Waals surface area contributed by atoms with Gasteiger partial charge in [-0.1, -0.05) is 35.9 Å². The minimum absolute atomic E-state index is 0.00274. The molecule has 1 heterocycles. The van der Waals surface area contributed by atoms with Crippen molar-refractivity contribution in [3.05, 3.63) is 76.0 Å². The molecule has 1 aliphatic heterocycles. The highest BCUT2D eigenvalue weighted by atomic mass is 35.5. The maximum absolute atomic E-state index is 12.9. The molecule has 2 aromatic carbocycles. The van der Waals surface area contributed by atoms with Gasteiger partial charge >= 0.3 is 0 Å². The number of allylic oxidation sites excluding steroid dienone is 2. The van der Waals surface area contributed by atoms with Crippen LogP contribution in [-0.2, 0) is 0 Å². The van der Waals surface area contributed by atoms with E-state index in [0.29, 0.717) is 48.6 Å². The van der Waals surface area contributed by atoms with Gasteiger partial charge in [-0.15, -0.1) is 0 Å². The minimum Gasteiger partial charge on any atom is -0.368 e. The van der Waals surface area contributed by atoms with Crippen LogP contribution in [0.15, 0.2) is 59.3 Å². The molecule has 2 aliphatic rings. The lowest BCUT2D eigenvalue weighted by atomic mass is 9.91. The van der Waals surface area contributed by atoms with E-state index in [1.807, 2.05) is 29.2 Å². The molecule has 5 nitrogen and oxygen atoms in total. The van der Waals surface area contributed by atoms with Crippen molar-refractivity contribution in [1.29, 1.82) is 0 Å². The summed E-state index contributed by atoms with van der Waals surface area (Å²) in [7, 11) is 0. The Hall–Kier alpha value is -2.92. The Morgan fingerprint density at radius 1 is 0.821 bits per heavy atom. The van der Waals surface area contributed by atoms with Gasteiger partial charge < -0.3 is 9.80 Å². The van der Waals surface area contributed by atoms with Crippen LogP contribution >= 0.6 is 11.6 Å². The molecule has 4 rings (SSSR count). The van der Waals surface area contributed by atoms with Gasteiger partial charge in [0.1, 0.15) is 10.7 Å². The number of ketones is 3. The highest BCUT2D eigenvalue weighted by Crippen LogP contribution is 2.31. The topological polar surface area (TPSA) is 57.7 Å². The molecular formula is C22H19ClN2O3. The summed E-state index contributed by atoms with van der Waals surface area (Å²) in [6.07, 6.45) is 0. The Balaban J connectivity index is 1.52. The number of hydrogen-bond acceptors (Lipinski definition) is 5. The fourth-order valence-corrected chi connectivity index (χ4v) is 4.02. The Morgan fingerprint density at radius 2 is 1.36 bits per heavy atom. The van der Waals surface area contributed by atoms with Crippen molar-refractivity contribution < 1.29 is 14.4 Å². The van der Waals surface area contributed by atoms with E-state index in [9.17, 15) is 14.4 Å². The average molecular weight is 395 g/mol. The van der Waals surface area contributed by atoms with Crippen LogP contribution < -0.4 is 4.90 Å². The summed E-state index contributed by atoms with van der Waals surface area (Å²) in [6, 6.07) is 14.3. The summed E-state index contributed by atoms with van der Waals surface area (Å²) in [5, 5.41) is 0.00274. The van der Waals surface area contributed by atoms with Gasteiger partial charge in [0.2, 0.25) is 11.6 Å². The van der Waals surface area contributed by atoms with Gasteiger partial charge in [0, 0.05) is 48.6 Å². The standard InChI is InChI=1S/C22H19ClN2O3/c1-14(26)15-6-8-16(9-7-15)24-10-12-25(13-11-24)20-19(23)21(27)17-4-2-3-5-18(17)22(20)28/h2-9H,10-13H2,1H3. The molecule has 0 radical (unpaired) electrons. The first-order valence-corrected chi connectivity index (χ1v) is 9.54. The van der Waals surface area contributed by atoms with Crippen molar-refractivity contribution >= 4 is 34.6 Å². The smallest absolute Gasteiger partial charge is 0.211 e. The molecular weight excluding hydrogens is 376 g/mol. The maximum Gasteiger partial charge on any atom is 0.211 e. The molecule has 2 aromatic rings. The Labute approximate surface area is 168 Å². The van der Waals surface area contributed by atoms with E-state index in [-0.39, 0.29) is 22.4 Å². The molecule has 1 aliphatic carbocycles. The van der Waals surface area contributed by atoms with Crippen molar-refractivity contribution in [2.45, 2.75) is 6.92 Å². The molecule has 0 bridgehead atoms. The van der Waals surface area contributed by atoms with Gasteiger partial charge in [0.15, 0.2) is 5.78 Å². The van der Waals surface area contributed by atoms with Gasteiger partial charge in [0.25, 0.3) is 0 Å². The summed E-state index contributed by atoms with van der Waals surface area (Å²) in [4.78, 5) is 41.0. The number of rotatable bonds is 3. The van der Waals surface area contributed by atoms with E-state index in [1.165, 1.54) is 0 Å². The predicted octanol–water partition coefficient (Wildman–Crippen LogP) is 3.54. The molecule has 6 heteroatoms. The van der Waals surface area contributed by atoms with Gasteiger partial charge in [-0.05, 0) is 31.2 Å². The molecule has 0 saturated carbocycles. The SMILES string of the molecule is CC(=O)c1ccc(N2CCN(C3=C(Cl)C(=O)c4ccccc4C3=O)CC2)cc1. The predicted molar refractivity (Wildman–Crippen MR) is 108 cm³/mol. The van der Waals surface area contributed by atoms with Crippen LogP contribution in [-0.4, -0.2) is 48.4 Å². The summed E-state index contributed by atoms with van der Waals surface area (Å²) in [5.74, 6) is -0.452. The van der Waals surface area contributed by atoms with E-state index in [2.05, 4.69) is 4.90 Å². The van der Waals surface area contributed by atoms with Crippen LogP contribution in [0, 0.1) is 0 Å². The quantitative estimate of drug-likeness (QED) is 0.745. The maximum atomic E-state index is 12.9. The van der Waals surface area contributed by atoms with E-state index in [4.69, 9.17) is 11.6 Å². The van der Waals surface area contributed by atoms with Crippen molar-refractivity contribution in [1.82, 2.24) is 4.90 Å². The summed E-state index contributed by atoms with van der Waals surface area (Å²) >= 11 is 6.31. The summed E-state index contributed by atoms with van der Waals surface area (Å²) < 4.78 is 0. The fraction of sp³-hybridized carbons (Fsp3) is 0.227. The largest absolute Gasteiger partial charge is 0.368 e. The number of piperazine rings is 1. The van der Waals surface area contributed by atoms with E-state index in [0.717, 1.165) is 5.69 Å². The van der Waals surface area contributed by atoms with Crippen molar-refractivity contribution in [2.75, 3.05) is 31.1 Å². The lowest BCUT2D eigenvalue weighted by Crippen LogP contribution is -2.48. The highest BCUT2D eigenvalue weighted by molar-refractivity contribution is 6.49. The molecule has 0 amide bonds. The zero-order valence-corrected chi connectivity index (χ0v) is 16.2. The van der Waals surface area contributed by atoms with Gasteiger partial charge in [-0.3, -0.25) is 14.4 Å². The normalized spacial score (nSPS) is 17.1. The second kappa shape index (κ2) is 7.24. The molecule has 1 fully saturated rings. The Bertz CT molecular complexity index is 1000. The number of anilines is 1. The molecule has 0 N–H and O–H groups in total. The second-order valence-electron chi connectivity index (χ2n) is 6.94. The Kier molecular flexibility index (Phi) is 4.77. The van der Waals surface area contributed by atoms with Crippen LogP contribution in [0.1, 0.15) is 38.0 Å². The molecule has 0 spiro atoms. The van der Waals surface area contributed by atoms with Crippen LogP contribution in [0.2, 0.25) is 0 Å². The van der Waals surface area contributed by atoms with E-state index >= 15 is 0 Å². The van der Waals surface area contributed by atoms with Gasteiger partial charge in [-0.25, -0.2) is 0 Å². The number of hydrogen-bond donors (Lipinski definition) is 0. The molecule has 0 aromatic heterocycles. The second-order valence-corrected chi connectivity index (χ2v) is 7.32. The number of Topliss-reactive ketones (excluding diaryl/α,β-unsaturated/α-hetero) is 3. The number of carbonyl (C=O) groups excluding carboxylic acids is 3. The molecule has 0 unspecified atom stereocenters. The first kappa shape index (κ1) is 18.4. The van der Waals surface area contributed by atoms with Crippen molar-refractivity contribution in [3.63, 3.8) is 0 Å². The highest BCUT2D eigenvalue weighted by Gasteiger charge is 2.35. The number of nitrogens with zero attached hydrogens (tertiary/aromatic N) is 2. The lowest BCUT2D eigenvalue weighted by molar-refractivity contribution is 0.0944. The first-order chi connectivity index (χ1) is 13.5. The first-order valence-electron chi connectivity index (χ1n) is 9.16. The molecule has 1 saturated heterocycles.